The number of aromatic amines is 1. The number of aliphatic carboxylic acids is 1. The standard InChI is InChI=1S/C20H28N2O4/c1-13(2)10-14(3)26-9-8-19(23)22-18(20(24)25)11-15-12-21-17-7-5-4-6-16(15)17/h4-7,12-14,18,21H,8-11H2,1-3H3,(H,22,23)(H,24,25). The number of hydrogen-bond acceptors (Lipinski definition) is 3. The summed E-state index contributed by atoms with van der Waals surface area (Å²) < 4.78 is 5.62. The molecule has 1 heterocycles. The van der Waals surface area contributed by atoms with Gasteiger partial charge in [0, 0.05) is 29.9 Å². The van der Waals surface area contributed by atoms with E-state index in [1.807, 2.05) is 31.2 Å². The van der Waals surface area contributed by atoms with Crippen molar-refractivity contribution in [1.29, 1.82) is 0 Å². The van der Waals surface area contributed by atoms with Crippen LogP contribution in [-0.4, -0.2) is 40.7 Å². The lowest BCUT2D eigenvalue weighted by Crippen LogP contribution is -2.42. The van der Waals surface area contributed by atoms with Gasteiger partial charge in [-0.05, 0) is 30.9 Å². The normalized spacial score (nSPS) is 13.7. The second-order valence-corrected chi connectivity index (χ2v) is 7.08. The average molecular weight is 360 g/mol. The number of amides is 1. The number of carbonyl (C=O) groups is 2. The summed E-state index contributed by atoms with van der Waals surface area (Å²) in [6.45, 7) is 6.51. The van der Waals surface area contributed by atoms with Gasteiger partial charge in [-0.25, -0.2) is 4.79 Å². The van der Waals surface area contributed by atoms with Gasteiger partial charge < -0.3 is 20.1 Å². The number of ether oxygens (including phenoxy) is 1. The van der Waals surface area contributed by atoms with E-state index in [9.17, 15) is 14.7 Å². The fraction of sp³-hybridized carbons (Fsp3) is 0.500. The summed E-state index contributed by atoms with van der Waals surface area (Å²) in [5.41, 5.74) is 1.82. The predicted molar refractivity (Wildman–Crippen MR) is 101 cm³/mol. The lowest BCUT2D eigenvalue weighted by molar-refractivity contribution is -0.142. The van der Waals surface area contributed by atoms with Crippen molar-refractivity contribution in [2.24, 2.45) is 5.92 Å². The summed E-state index contributed by atoms with van der Waals surface area (Å²) in [5.74, 6) is -0.821. The zero-order chi connectivity index (χ0) is 19.1. The first-order chi connectivity index (χ1) is 12.4. The second-order valence-electron chi connectivity index (χ2n) is 7.08. The van der Waals surface area contributed by atoms with E-state index in [0.29, 0.717) is 12.5 Å². The molecule has 2 rings (SSSR count). The van der Waals surface area contributed by atoms with Crippen molar-refractivity contribution in [2.75, 3.05) is 6.61 Å². The van der Waals surface area contributed by atoms with E-state index < -0.39 is 12.0 Å². The maximum atomic E-state index is 12.1. The molecule has 0 bridgehead atoms. The Morgan fingerprint density at radius 2 is 1.96 bits per heavy atom. The summed E-state index contributed by atoms with van der Waals surface area (Å²) in [6.07, 6.45) is 3.20. The molecule has 0 aliphatic rings. The minimum absolute atomic E-state index is 0.0873. The minimum atomic E-state index is -1.04. The number of aromatic nitrogens is 1. The molecule has 0 aliphatic heterocycles. The molecule has 1 amide bonds. The van der Waals surface area contributed by atoms with Gasteiger partial charge in [0.05, 0.1) is 12.7 Å². The molecule has 3 N–H and O–H groups in total. The number of carboxylic acids is 1. The van der Waals surface area contributed by atoms with Crippen LogP contribution < -0.4 is 5.32 Å². The highest BCUT2D eigenvalue weighted by molar-refractivity contribution is 5.86. The van der Waals surface area contributed by atoms with Crippen LogP contribution in [0.2, 0.25) is 0 Å². The van der Waals surface area contributed by atoms with Crippen molar-refractivity contribution in [3.8, 4) is 0 Å². The van der Waals surface area contributed by atoms with Crippen molar-refractivity contribution in [3.05, 3.63) is 36.0 Å². The quantitative estimate of drug-likeness (QED) is 0.607. The van der Waals surface area contributed by atoms with E-state index in [1.165, 1.54) is 0 Å². The van der Waals surface area contributed by atoms with Crippen LogP contribution in [0.4, 0.5) is 0 Å². The third kappa shape index (κ3) is 5.88. The van der Waals surface area contributed by atoms with Gasteiger partial charge in [-0.2, -0.15) is 0 Å². The zero-order valence-electron chi connectivity index (χ0n) is 15.6. The molecule has 0 fully saturated rings. The lowest BCUT2D eigenvalue weighted by atomic mass is 10.0. The molecule has 1 aromatic carbocycles. The lowest BCUT2D eigenvalue weighted by Gasteiger charge is -2.17. The first-order valence-corrected chi connectivity index (χ1v) is 9.05. The number of benzene rings is 1. The van der Waals surface area contributed by atoms with Gasteiger partial charge in [-0.3, -0.25) is 4.79 Å². The summed E-state index contributed by atoms with van der Waals surface area (Å²) in [7, 11) is 0. The number of rotatable bonds is 10. The molecule has 26 heavy (non-hydrogen) atoms. The van der Waals surface area contributed by atoms with Gasteiger partial charge in [0.25, 0.3) is 0 Å². The molecule has 1 aromatic heterocycles. The van der Waals surface area contributed by atoms with Crippen molar-refractivity contribution in [1.82, 2.24) is 10.3 Å². The molecule has 2 unspecified atom stereocenters. The van der Waals surface area contributed by atoms with Crippen molar-refractivity contribution < 1.29 is 19.4 Å². The van der Waals surface area contributed by atoms with Gasteiger partial charge in [0.2, 0.25) is 5.91 Å². The number of nitrogens with one attached hydrogen (secondary N) is 2. The molecule has 0 radical (unpaired) electrons. The van der Waals surface area contributed by atoms with E-state index >= 15 is 0 Å². The molecular weight excluding hydrogens is 332 g/mol. The summed E-state index contributed by atoms with van der Waals surface area (Å²) in [4.78, 5) is 26.8. The molecule has 6 heteroatoms. The minimum Gasteiger partial charge on any atom is -0.480 e. The van der Waals surface area contributed by atoms with Crippen molar-refractivity contribution >= 4 is 22.8 Å². The van der Waals surface area contributed by atoms with Crippen molar-refractivity contribution in [3.63, 3.8) is 0 Å². The molecule has 2 atom stereocenters. The predicted octanol–water partition coefficient (Wildman–Crippen LogP) is 3.12. The highest BCUT2D eigenvalue weighted by Crippen LogP contribution is 2.19. The van der Waals surface area contributed by atoms with Gasteiger partial charge in [0.1, 0.15) is 6.04 Å². The van der Waals surface area contributed by atoms with Crippen LogP contribution >= 0.6 is 0 Å². The highest BCUT2D eigenvalue weighted by Gasteiger charge is 2.21. The fourth-order valence-electron chi connectivity index (χ4n) is 3.07. The zero-order valence-corrected chi connectivity index (χ0v) is 15.6. The number of carboxylic acid groups (broad SMARTS) is 1. The third-order valence-corrected chi connectivity index (χ3v) is 4.27. The number of H-pyrrole nitrogens is 1. The molecular formula is C20H28N2O4. The Bertz CT molecular complexity index is 738. The Balaban J connectivity index is 1.88. The number of hydrogen-bond donors (Lipinski definition) is 3. The van der Waals surface area contributed by atoms with Crippen LogP contribution in [0.15, 0.2) is 30.5 Å². The van der Waals surface area contributed by atoms with Crippen LogP contribution in [0.1, 0.15) is 39.2 Å². The smallest absolute Gasteiger partial charge is 0.326 e. The molecule has 0 saturated carbocycles. The largest absolute Gasteiger partial charge is 0.480 e. The number of carbonyl (C=O) groups excluding carboxylic acids is 1. The van der Waals surface area contributed by atoms with Crippen LogP contribution in [0.3, 0.4) is 0 Å². The van der Waals surface area contributed by atoms with E-state index in [2.05, 4.69) is 24.1 Å². The molecule has 0 saturated heterocycles. The topological polar surface area (TPSA) is 91.4 Å². The first kappa shape index (κ1) is 20.0. The molecule has 2 aromatic rings. The van der Waals surface area contributed by atoms with E-state index in [4.69, 9.17) is 4.74 Å². The van der Waals surface area contributed by atoms with Crippen molar-refractivity contribution in [2.45, 2.75) is 52.2 Å². The van der Waals surface area contributed by atoms with Crippen LogP contribution in [-0.2, 0) is 20.7 Å². The number of para-hydroxylation sites is 1. The van der Waals surface area contributed by atoms with E-state index in [-0.39, 0.29) is 24.9 Å². The Hall–Kier alpha value is -2.34. The van der Waals surface area contributed by atoms with Gasteiger partial charge in [-0.15, -0.1) is 0 Å². The highest BCUT2D eigenvalue weighted by atomic mass is 16.5. The Labute approximate surface area is 153 Å². The van der Waals surface area contributed by atoms with Crippen LogP contribution in [0.5, 0.6) is 0 Å². The summed E-state index contributed by atoms with van der Waals surface area (Å²) in [6, 6.07) is 6.73. The second kappa shape index (κ2) is 9.38. The fourth-order valence-corrected chi connectivity index (χ4v) is 3.07. The monoisotopic (exact) mass is 360 g/mol. The van der Waals surface area contributed by atoms with Gasteiger partial charge in [-0.1, -0.05) is 32.0 Å². The Morgan fingerprint density at radius 3 is 2.65 bits per heavy atom. The maximum absolute atomic E-state index is 12.1. The molecule has 0 aliphatic carbocycles. The Morgan fingerprint density at radius 1 is 1.23 bits per heavy atom. The first-order valence-electron chi connectivity index (χ1n) is 9.05. The average Bonchev–Trinajstić information content (AvgIpc) is 2.96. The maximum Gasteiger partial charge on any atom is 0.326 e. The van der Waals surface area contributed by atoms with E-state index in [0.717, 1.165) is 22.9 Å². The third-order valence-electron chi connectivity index (χ3n) is 4.27. The van der Waals surface area contributed by atoms with Crippen LogP contribution in [0.25, 0.3) is 10.9 Å². The summed E-state index contributed by atoms with van der Waals surface area (Å²) >= 11 is 0. The SMILES string of the molecule is CC(C)CC(C)OCCC(=O)NC(Cc1c[nH]c2ccccc12)C(=O)O. The van der Waals surface area contributed by atoms with Gasteiger partial charge in [0.15, 0.2) is 0 Å². The molecule has 142 valence electrons. The van der Waals surface area contributed by atoms with Crippen LogP contribution in [0, 0.1) is 5.92 Å². The Kier molecular flexibility index (Phi) is 7.21. The molecule has 6 nitrogen and oxygen atoms in total. The molecule has 0 spiro atoms. The van der Waals surface area contributed by atoms with Gasteiger partial charge >= 0.3 is 5.97 Å². The number of fused-ring (bicyclic) bond motifs is 1. The summed E-state index contributed by atoms with van der Waals surface area (Å²) in [5, 5.41) is 13.0. The van der Waals surface area contributed by atoms with E-state index in [1.54, 1.807) is 6.20 Å².